The number of hydrogen-bond donors (Lipinski definition) is 2. The number of ether oxygens (including phenoxy) is 1. The maximum Gasteiger partial charge on any atom is 0.475 e. The molecule has 0 aliphatic carbocycles. The molecule has 11 heteroatoms. The summed E-state index contributed by atoms with van der Waals surface area (Å²) in [4.78, 5) is 15.5. The van der Waals surface area contributed by atoms with Crippen molar-refractivity contribution >= 4 is 13.6 Å². The van der Waals surface area contributed by atoms with Gasteiger partial charge in [0.25, 0.3) is 0 Å². The molecule has 2 aliphatic heterocycles. The normalized spacial score (nSPS) is 41.3. The number of nitrogen functional groups attached to an aromatic ring is 1. The Kier molecular flexibility index (Phi) is 3.63. The molecular formula is C11H16N3O7P. The number of nitrogens with zero attached hydrogens (tertiary/aromatic N) is 2. The number of aliphatic hydroxyl groups is 1. The van der Waals surface area contributed by atoms with Crippen LogP contribution in [0.1, 0.15) is 13.2 Å². The van der Waals surface area contributed by atoms with Crippen molar-refractivity contribution < 1.29 is 28.0 Å². The quantitative estimate of drug-likeness (QED) is 0.696. The Labute approximate surface area is 125 Å². The predicted molar refractivity (Wildman–Crippen MR) is 72.9 cm³/mol. The minimum atomic E-state index is -3.75. The molecule has 3 N–H and O–H groups in total. The number of nitrogens with two attached hydrogens (primary N) is 1. The Balaban J connectivity index is 1.96. The Morgan fingerprint density at radius 2 is 2.36 bits per heavy atom. The van der Waals surface area contributed by atoms with Crippen LogP contribution in [0.3, 0.4) is 0 Å². The summed E-state index contributed by atoms with van der Waals surface area (Å²) in [5.74, 6) is 0.0553. The van der Waals surface area contributed by atoms with Crippen LogP contribution in [0.4, 0.5) is 5.82 Å². The van der Waals surface area contributed by atoms with Crippen LogP contribution >= 0.6 is 7.82 Å². The second-order valence-corrected chi connectivity index (χ2v) is 6.98. The van der Waals surface area contributed by atoms with Crippen molar-refractivity contribution in [3.05, 3.63) is 22.7 Å². The van der Waals surface area contributed by atoms with E-state index in [0.29, 0.717) is 0 Å². The third kappa shape index (κ3) is 2.37. The van der Waals surface area contributed by atoms with Crippen molar-refractivity contribution in [2.45, 2.75) is 31.0 Å². The van der Waals surface area contributed by atoms with Gasteiger partial charge in [0.1, 0.15) is 23.6 Å². The summed E-state index contributed by atoms with van der Waals surface area (Å²) >= 11 is 0. The summed E-state index contributed by atoms with van der Waals surface area (Å²) in [5, 5.41) is 10.7. The van der Waals surface area contributed by atoms with E-state index in [2.05, 4.69) is 4.98 Å². The summed E-state index contributed by atoms with van der Waals surface area (Å²) in [5.41, 5.74) is 3.11. The van der Waals surface area contributed by atoms with Gasteiger partial charge in [0, 0.05) is 13.3 Å². The van der Waals surface area contributed by atoms with Crippen LogP contribution in [0.5, 0.6) is 0 Å². The lowest BCUT2D eigenvalue weighted by atomic mass is 9.96. The van der Waals surface area contributed by atoms with Gasteiger partial charge in [0.15, 0.2) is 6.23 Å². The molecule has 2 aliphatic rings. The van der Waals surface area contributed by atoms with Crippen molar-refractivity contribution in [2.24, 2.45) is 0 Å². The van der Waals surface area contributed by atoms with Gasteiger partial charge in [-0.25, -0.2) is 9.36 Å². The smallest absolute Gasteiger partial charge is 0.383 e. The third-order valence-electron chi connectivity index (χ3n) is 3.68. The average molecular weight is 333 g/mol. The minimum Gasteiger partial charge on any atom is -0.383 e. The van der Waals surface area contributed by atoms with Crippen molar-refractivity contribution in [3.8, 4) is 0 Å². The maximum atomic E-state index is 12.1. The van der Waals surface area contributed by atoms with Crippen LogP contribution < -0.4 is 11.4 Å². The van der Waals surface area contributed by atoms with Gasteiger partial charge >= 0.3 is 13.5 Å². The molecule has 2 saturated heterocycles. The van der Waals surface area contributed by atoms with Crippen LogP contribution in [0.2, 0.25) is 0 Å². The maximum absolute atomic E-state index is 12.1. The summed E-state index contributed by atoms with van der Waals surface area (Å²) in [6, 6.07) is 1.40. The highest BCUT2D eigenvalue weighted by molar-refractivity contribution is 7.48. The molecule has 0 saturated carbocycles. The summed E-state index contributed by atoms with van der Waals surface area (Å²) < 4.78 is 33.7. The molecule has 10 nitrogen and oxygen atoms in total. The molecule has 122 valence electrons. The summed E-state index contributed by atoms with van der Waals surface area (Å²) in [6.45, 7) is 1.32. The third-order valence-corrected chi connectivity index (χ3v) is 5.08. The first-order valence-electron chi connectivity index (χ1n) is 6.48. The predicted octanol–water partition coefficient (Wildman–Crippen LogP) is -0.356. The molecule has 3 rings (SSSR count). The Hall–Kier alpha value is -1.29. The molecule has 2 fully saturated rings. The monoisotopic (exact) mass is 333 g/mol. The molecule has 0 spiro atoms. The van der Waals surface area contributed by atoms with Gasteiger partial charge < -0.3 is 15.6 Å². The zero-order valence-electron chi connectivity index (χ0n) is 11.9. The van der Waals surface area contributed by atoms with E-state index in [1.54, 1.807) is 0 Å². The molecule has 0 amide bonds. The number of aromatic nitrogens is 2. The zero-order valence-corrected chi connectivity index (χ0v) is 12.8. The number of fused-ring (bicyclic) bond motifs is 1. The molecule has 0 radical (unpaired) electrons. The van der Waals surface area contributed by atoms with E-state index in [1.165, 1.54) is 26.3 Å². The molecule has 5 atom stereocenters. The first-order valence-corrected chi connectivity index (χ1v) is 7.94. The lowest BCUT2D eigenvalue weighted by Gasteiger charge is -2.34. The fraction of sp³-hybridized carbons (Fsp3) is 0.636. The summed E-state index contributed by atoms with van der Waals surface area (Å²) in [7, 11) is -2.57. The lowest BCUT2D eigenvalue weighted by molar-refractivity contribution is -0.0937. The number of phosphoric acid groups is 1. The molecule has 22 heavy (non-hydrogen) atoms. The standard InChI is InChI=1S/C11H16N3O7P/c1-11(16)8-6(5-19-22(17,18-2)21-8)20-9(11)14-4-3-7(12)13-10(14)15/h3-4,6,8-9,16H,5H2,1-2H3,(H2,12,13,15)/t6-,8-,9-,11-,22-/m1/s1. The second-order valence-electron chi connectivity index (χ2n) is 5.25. The van der Waals surface area contributed by atoms with Gasteiger partial charge in [0.05, 0.1) is 6.61 Å². The number of hydrogen-bond acceptors (Lipinski definition) is 9. The Morgan fingerprint density at radius 3 is 3.00 bits per heavy atom. The van der Waals surface area contributed by atoms with Crippen molar-refractivity contribution in [1.82, 2.24) is 9.55 Å². The van der Waals surface area contributed by atoms with E-state index in [0.717, 1.165) is 4.57 Å². The number of rotatable bonds is 2. The van der Waals surface area contributed by atoms with Crippen LogP contribution in [0.25, 0.3) is 0 Å². The minimum absolute atomic E-state index is 0.0553. The van der Waals surface area contributed by atoms with Crippen LogP contribution in [-0.4, -0.2) is 46.2 Å². The lowest BCUT2D eigenvalue weighted by Crippen LogP contribution is -2.48. The SMILES string of the molecule is CO[P@]1(=O)OC[C@H]2O[C@@H](n3ccc(N)nc3=O)[C@](C)(O)[C@@H]2O1. The van der Waals surface area contributed by atoms with E-state index in [4.69, 9.17) is 24.0 Å². The van der Waals surface area contributed by atoms with Crippen molar-refractivity contribution in [2.75, 3.05) is 19.5 Å². The number of anilines is 1. The highest BCUT2D eigenvalue weighted by Crippen LogP contribution is 2.57. The van der Waals surface area contributed by atoms with E-state index in [-0.39, 0.29) is 12.4 Å². The Morgan fingerprint density at radius 1 is 1.64 bits per heavy atom. The van der Waals surface area contributed by atoms with Crippen LogP contribution in [0.15, 0.2) is 17.1 Å². The van der Waals surface area contributed by atoms with Crippen molar-refractivity contribution in [1.29, 1.82) is 0 Å². The van der Waals surface area contributed by atoms with E-state index in [1.807, 2.05) is 0 Å². The second kappa shape index (κ2) is 5.12. The van der Waals surface area contributed by atoms with E-state index < -0.39 is 37.5 Å². The molecule has 3 heterocycles. The summed E-state index contributed by atoms with van der Waals surface area (Å²) in [6.07, 6.45) is -1.42. The highest BCUT2D eigenvalue weighted by atomic mass is 31.2. The van der Waals surface area contributed by atoms with Gasteiger partial charge in [-0.05, 0) is 13.0 Å². The number of phosphoric ester groups is 1. The molecule has 0 aromatic carbocycles. The first-order chi connectivity index (χ1) is 10.3. The van der Waals surface area contributed by atoms with Crippen LogP contribution in [0, 0.1) is 0 Å². The largest absolute Gasteiger partial charge is 0.475 e. The van der Waals surface area contributed by atoms with Gasteiger partial charge in [-0.2, -0.15) is 4.98 Å². The molecule has 1 aromatic heterocycles. The zero-order chi connectivity index (χ0) is 16.1. The highest BCUT2D eigenvalue weighted by Gasteiger charge is 2.60. The van der Waals surface area contributed by atoms with Crippen LogP contribution in [-0.2, 0) is 22.9 Å². The van der Waals surface area contributed by atoms with Gasteiger partial charge in [-0.15, -0.1) is 0 Å². The Bertz CT molecular complexity index is 691. The topological polar surface area (TPSA) is 135 Å². The van der Waals surface area contributed by atoms with Gasteiger partial charge in [-0.3, -0.25) is 18.1 Å². The first kappa shape index (κ1) is 15.6. The molecule has 0 bridgehead atoms. The van der Waals surface area contributed by atoms with E-state index in [9.17, 15) is 14.5 Å². The fourth-order valence-electron chi connectivity index (χ4n) is 2.57. The average Bonchev–Trinajstić information content (AvgIpc) is 2.71. The van der Waals surface area contributed by atoms with Crippen molar-refractivity contribution in [3.63, 3.8) is 0 Å². The van der Waals surface area contributed by atoms with E-state index >= 15 is 0 Å². The van der Waals surface area contributed by atoms with Gasteiger partial charge in [0.2, 0.25) is 0 Å². The molecular weight excluding hydrogens is 317 g/mol. The molecule has 1 aromatic rings. The van der Waals surface area contributed by atoms with Gasteiger partial charge in [-0.1, -0.05) is 0 Å². The fourth-order valence-corrected chi connectivity index (χ4v) is 3.78. The molecule has 0 unspecified atom stereocenters.